The predicted octanol–water partition coefficient (Wildman–Crippen LogP) is 3.76. The van der Waals surface area contributed by atoms with Gasteiger partial charge in [0.1, 0.15) is 0 Å². The number of benzene rings is 2. The third-order valence-corrected chi connectivity index (χ3v) is 3.76. The minimum atomic E-state index is -0.644. The molecular weight excluding hydrogens is 356 g/mol. The Bertz CT molecular complexity index is 732. The molecule has 0 fully saturated rings. The Kier molecular flexibility index (Phi) is 4.65. The van der Waals surface area contributed by atoms with Crippen LogP contribution >= 0.6 is 27.5 Å². The van der Waals surface area contributed by atoms with Crippen molar-refractivity contribution >= 4 is 45.0 Å². The summed E-state index contributed by atoms with van der Waals surface area (Å²) in [5, 5.41) is 2.97. The number of hydrogen-bond acceptors (Lipinski definition) is 2. The molecule has 0 aliphatic carbocycles. The maximum Gasteiger partial charge on any atom is 0.255 e. The highest BCUT2D eigenvalue weighted by molar-refractivity contribution is 9.10. The van der Waals surface area contributed by atoms with E-state index in [0.717, 1.165) is 10.0 Å². The molecule has 3 N–H and O–H groups in total. The van der Waals surface area contributed by atoms with E-state index in [-0.39, 0.29) is 16.5 Å². The zero-order chi connectivity index (χ0) is 15.6. The average molecular weight is 368 g/mol. The molecule has 0 saturated heterocycles. The van der Waals surface area contributed by atoms with Crippen LogP contribution in [-0.2, 0) is 0 Å². The molecule has 2 aromatic rings. The molecule has 0 unspecified atom stereocenters. The van der Waals surface area contributed by atoms with Crippen molar-refractivity contribution in [2.75, 3.05) is 5.32 Å². The van der Waals surface area contributed by atoms with Gasteiger partial charge in [-0.1, -0.05) is 33.6 Å². The molecule has 0 aliphatic heterocycles. The first-order chi connectivity index (χ1) is 9.88. The summed E-state index contributed by atoms with van der Waals surface area (Å²) in [5.41, 5.74) is 7.24. The average Bonchev–Trinajstić information content (AvgIpc) is 2.43. The summed E-state index contributed by atoms with van der Waals surface area (Å²) in [6.07, 6.45) is 0. The van der Waals surface area contributed by atoms with Crippen LogP contribution in [0.25, 0.3) is 0 Å². The second kappa shape index (κ2) is 6.28. The van der Waals surface area contributed by atoms with Crippen LogP contribution in [0, 0.1) is 6.92 Å². The maximum atomic E-state index is 12.3. The van der Waals surface area contributed by atoms with Gasteiger partial charge in [-0.3, -0.25) is 9.59 Å². The number of hydrogen-bond donors (Lipinski definition) is 2. The molecule has 0 atom stereocenters. The number of aryl methyl sites for hydroxylation is 1. The van der Waals surface area contributed by atoms with Crippen LogP contribution in [0.1, 0.15) is 26.3 Å². The maximum absolute atomic E-state index is 12.3. The van der Waals surface area contributed by atoms with Crippen molar-refractivity contribution in [3.8, 4) is 0 Å². The van der Waals surface area contributed by atoms with Crippen LogP contribution in [0.5, 0.6) is 0 Å². The molecular formula is C15H12BrClN2O2. The number of halogens is 2. The fourth-order valence-electron chi connectivity index (χ4n) is 1.83. The largest absolute Gasteiger partial charge is 0.366 e. The molecule has 108 valence electrons. The van der Waals surface area contributed by atoms with Crippen molar-refractivity contribution in [2.45, 2.75) is 6.92 Å². The van der Waals surface area contributed by atoms with Gasteiger partial charge in [-0.25, -0.2) is 0 Å². The van der Waals surface area contributed by atoms with Gasteiger partial charge < -0.3 is 11.1 Å². The van der Waals surface area contributed by atoms with Gasteiger partial charge in [-0.15, -0.1) is 0 Å². The molecule has 2 rings (SSSR count). The summed E-state index contributed by atoms with van der Waals surface area (Å²) in [7, 11) is 0. The Balaban J connectivity index is 2.29. The Labute approximate surface area is 135 Å². The molecule has 0 spiro atoms. The van der Waals surface area contributed by atoms with E-state index in [9.17, 15) is 9.59 Å². The van der Waals surface area contributed by atoms with Gasteiger partial charge in [0, 0.05) is 15.7 Å². The van der Waals surface area contributed by atoms with Crippen LogP contribution in [0.3, 0.4) is 0 Å². The first-order valence-corrected chi connectivity index (χ1v) is 7.22. The van der Waals surface area contributed by atoms with Crippen LogP contribution in [0.15, 0.2) is 40.9 Å². The van der Waals surface area contributed by atoms with E-state index < -0.39 is 5.91 Å². The predicted molar refractivity (Wildman–Crippen MR) is 86.8 cm³/mol. The lowest BCUT2D eigenvalue weighted by Gasteiger charge is -2.09. The molecule has 2 amide bonds. The van der Waals surface area contributed by atoms with Crippen molar-refractivity contribution < 1.29 is 9.59 Å². The number of carbonyl (C=O) groups is 2. The third-order valence-electron chi connectivity index (χ3n) is 2.93. The first-order valence-electron chi connectivity index (χ1n) is 6.05. The lowest BCUT2D eigenvalue weighted by atomic mass is 10.1. The molecule has 0 heterocycles. The summed E-state index contributed by atoms with van der Waals surface area (Å²) >= 11 is 9.20. The van der Waals surface area contributed by atoms with Crippen molar-refractivity contribution in [1.82, 2.24) is 0 Å². The van der Waals surface area contributed by atoms with E-state index in [4.69, 9.17) is 17.3 Å². The molecule has 4 nitrogen and oxygen atoms in total. The second-order valence-corrected chi connectivity index (χ2v) is 5.80. The number of nitrogens with one attached hydrogen (secondary N) is 1. The highest BCUT2D eigenvalue weighted by atomic mass is 79.9. The monoisotopic (exact) mass is 366 g/mol. The highest BCUT2D eigenvalue weighted by Crippen LogP contribution is 2.22. The summed E-state index contributed by atoms with van der Waals surface area (Å²) < 4.78 is 0.812. The minimum Gasteiger partial charge on any atom is -0.366 e. The van der Waals surface area contributed by atoms with Crippen LogP contribution in [0.4, 0.5) is 5.69 Å². The highest BCUT2D eigenvalue weighted by Gasteiger charge is 2.12. The van der Waals surface area contributed by atoms with Gasteiger partial charge in [0.15, 0.2) is 0 Å². The number of carbonyl (C=O) groups excluding carboxylic acids is 2. The van der Waals surface area contributed by atoms with Crippen molar-refractivity contribution in [3.05, 3.63) is 62.6 Å². The number of nitrogens with two attached hydrogens (primary N) is 1. The van der Waals surface area contributed by atoms with Gasteiger partial charge in [0.05, 0.1) is 10.6 Å². The number of anilines is 1. The third kappa shape index (κ3) is 3.62. The topological polar surface area (TPSA) is 72.2 Å². The van der Waals surface area contributed by atoms with Gasteiger partial charge in [0.2, 0.25) is 5.91 Å². The molecule has 21 heavy (non-hydrogen) atoms. The lowest BCUT2D eigenvalue weighted by Crippen LogP contribution is -2.15. The first kappa shape index (κ1) is 15.5. The molecule has 0 aliphatic rings. The number of primary amides is 1. The van der Waals surface area contributed by atoms with E-state index >= 15 is 0 Å². The molecule has 0 saturated carbocycles. The minimum absolute atomic E-state index is 0.167. The molecule has 0 bridgehead atoms. The van der Waals surface area contributed by atoms with Gasteiger partial charge in [-0.05, 0) is 42.8 Å². The summed E-state index contributed by atoms with van der Waals surface area (Å²) in [4.78, 5) is 23.5. The Morgan fingerprint density at radius 3 is 2.52 bits per heavy atom. The zero-order valence-electron chi connectivity index (χ0n) is 11.1. The summed E-state index contributed by atoms with van der Waals surface area (Å²) in [5.74, 6) is -0.915. The quantitative estimate of drug-likeness (QED) is 0.867. The smallest absolute Gasteiger partial charge is 0.255 e. The van der Waals surface area contributed by atoms with Gasteiger partial charge >= 0.3 is 0 Å². The van der Waals surface area contributed by atoms with Crippen LogP contribution in [-0.4, -0.2) is 11.8 Å². The van der Waals surface area contributed by atoms with Crippen molar-refractivity contribution in [1.29, 1.82) is 0 Å². The lowest BCUT2D eigenvalue weighted by molar-refractivity contribution is 0.0996. The summed E-state index contributed by atoms with van der Waals surface area (Å²) in [6.45, 7) is 1.85. The molecule has 0 radical (unpaired) electrons. The standard InChI is InChI=1S/C15H12BrClN2O2/c1-8-2-3-9(16)6-11(8)15(21)19-10-4-5-13(17)12(7-10)14(18)20/h2-7H,1H3,(H2,18,20)(H,19,21). The van der Waals surface area contributed by atoms with Crippen molar-refractivity contribution in [3.63, 3.8) is 0 Å². The number of rotatable bonds is 3. The Morgan fingerprint density at radius 1 is 1.14 bits per heavy atom. The van der Waals surface area contributed by atoms with E-state index in [2.05, 4.69) is 21.2 Å². The summed E-state index contributed by atoms with van der Waals surface area (Å²) in [6, 6.07) is 10.0. The fourth-order valence-corrected chi connectivity index (χ4v) is 2.40. The number of amides is 2. The fraction of sp³-hybridized carbons (Fsp3) is 0.0667. The van der Waals surface area contributed by atoms with Crippen LogP contribution in [0.2, 0.25) is 5.02 Å². The van der Waals surface area contributed by atoms with E-state index in [0.29, 0.717) is 11.3 Å². The normalized spacial score (nSPS) is 10.2. The van der Waals surface area contributed by atoms with Crippen molar-refractivity contribution in [2.24, 2.45) is 5.73 Å². The van der Waals surface area contributed by atoms with Gasteiger partial charge in [-0.2, -0.15) is 0 Å². The second-order valence-electron chi connectivity index (χ2n) is 4.47. The SMILES string of the molecule is Cc1ccc(Br)cc1C(=O)Nc1ccc(Cl)c(C(N)=O)c1. The molecule has 0 aromatic heterocycles. The van der Waals surface area contributed by atoms with Crippen LogP contribution < -0.4 is 11.1 Å². The Morgan fingerprint density at radius 2 is 1.86 bits per heavy atom. The Hall–Kier alpha value is -1.85. The molecule has 2 aromatic carbocycles. The van der Waals surface area contributed by atoms with E-state index in [1.165, 1.54) is 12.1 Å². The molecule has 6 heteroatoms. The van der Waals surface area contributed by atoms with Gasteiger partial charge in [0.25, 0.3) is 5.91 Å². The zero-order valence-corrected chi connectivity index (χ0v) is 13.5. The van der Waals surface area contributed by atoms with E-state index in [1.54, 1.807) is 12.1 Å². The van der Waals surface area contributed by atoms with E-state index in [1.807, 2.05) is 19.1 Å².